The number of amides is 2. The Bertz CT molecular complexity index is 857. The van der Waals surface area contributed by atoms with Gasteiger partial charge in [-0.2, -0.15) is 5.26 Å². The number of nitriles is 1. The standard InChI is InChI=1S/C19H16FN3O3/c1-13(26-17-9-7-16(20)8-10-17)19(25)23-22-18(24)11-6-14-4-2-3-5-15(14)12-21/h2-11,13H,1H3,(H,22,24)(H,23,25)/b11-6+. The van der Waals surface area contributed by atoms with Crippen molar-refractivity contribution in [1.82, 2.24) is 10.9 Å². The molecule has 2 N–H and O–H groups in total. The minimum absolute atomic E-state index is 0.327. The molecule has 0 radical (unpaired) electrons. The van der Waals surface area contributed by atoms with E-state index in [0.717, 1.165) is 0 Å². The van der Waals surface area contributed by atoms with Crippen molar-refractivity contribution in [1.29, 1.82) is 5.26 Å². The van der Waals surface area contributed by atoms with Crippen LogP contribution < -0.4 is 15.6 Å². The summed E-state index contributed by atoms with van der Waals surface area (Å²) in [6.45, 7) is 1.49. The quantitative estimate of drug-likeness (QED) is 0.637. The lowest BCUT2D eigenvalue weighted by atomic mass is 10.1. The van der Waals surface area contributed by atoms with E-state index in [-0.39, 0.29) is 0 Å². The molecule has 1 unspecified atom stereocenters. The van der Waals surface area contributed by atoms with Gasteiger partial charge < -0.3 is 4.74 Å². The minimum Gasteiger partial charge on any atom is -0.481 e. The summed E-state index contributed by atoms with van der Waals surface area (Å²) in [5.74, 6) is -1.23. The van der Waals surface area contributed by atoms with Crippen molar-refractivity contribution in [2.24, 2.45) is 0 Å². The van der Waals surface area contributed by atoms with E-state index in [1.165, 1.54) is 43.3 Å². The SMILES string of the molecule is CC(Oc1ccc(F)cc1)C(=O)NNC(=O)/C=C/c1ccccc1C#N. The van der Waals surface area contributed by atoms with Gasteiger partial charge in [0.2, 0.25) is 0 Å². The second-order valence-corrected chi connectivity index (χ2v) is 5.22. The molecule has 0 heterocycles. The molecule has 1 atom stereocenters. The fourth-order valence-corrected chi connectivity index (χ4v) is 1.95. The minimum atomic E-state index is -0.899. The van der Waals surface area contributed by atoms with Crippen LogP contribution in [-0.2, 0) is 9.59 Å². The third kappa shape index (κ3) is 5.46. The number of hydrogen-bond donors (Lipinski definition) is 2. The Morgan fingerprint density at radius 2 is 1.85 bits per heavy atom. The molecule has 7 heteroatoms. The molecule has 0 aromatic heterocycles. The molecule has 0 aliphatic carbocycles. The van der Waals surface area contributed by atoms with Gasteiger partial charge in [0, 0.05) is 6.08 Å². The van der Waals surface area contributed by atoms with E-state index >= 15 is 0 Å². The molecule has 0 bridgehead atoms. The van der Waals surface area contributed by atoms with Crippen molar-refractivity contribution in [3.05, 3.63) is 71.6 Å². The molecular formula is C19H16FN3O3. The Kier molecular flexibility index (Phi) is 6.46. The maximum Gasteiger partial charge on any atom is 0.279 e. The van der Waals surface area contributed by atoms with E-state index in [1.54, 1.807) is 24.3 Å². The normalized spacial score (nSPS) is 11.4. The molecule has 0 saturated carbocycles. The van der Waals surface area contributed by atoms with Crippen LogP contribution in [-0.4, -0.2) is 17.9 Å². The van der Waals surface area contributed by atoms with Crippen molar-refractivity contribution < 1.29 is 18.7 Å². The van der Waals surface area contributed by atoms with Crippen LogP contribution in [0.5, 0.6) is 5.75 Å². The van der Waals surface area contributed by atoms with Crippen molar-refractivity contribution in [3.63, 3.8) is 0 Å². The van der Waals surface area contributed by atoms with E-state index in [9.17, 15) is 14.0 Å². The van der Waals surface area contributed by atoms with Crippen molar-refractivity contribution >= 4 is 17.9 Å². The lowest BCUT2D eigenvalue weighted by Gasteiger charge is -2.14. The zero-order valence-electron chi connectivity index (χ0n) is 13.9. The van der Waals surface area contributed by atoms with Gasteiger partial charge in [0.25, 0.3) is 11.8 Å². The first-order valence-corrected chi connectivity index (χ1v) is 7.69. The number of nitrogens with zero attached hydrogens (tertiary/aromatic N) is 1. The number of carbonyl (C=O) groups is 2. The summed E-state index contributed by atoms with van der Waals surface area (Å²) in [6, 6.07) is 14.0. The van der Waals surface area contributed by atoms with E-state index < -0.39 is 23.7 Å². The summed E-state index contributed by atoms with van der Waals surface area (Å²) >= 11 is 0. The van der Waals surface area contributed by atoms with E-state index in [0.29, 0.717) is 16.9 Å². The summed E-state index contributed by atoms with van der Waals surface area (Å²) in [6.07, 6.45) is 1.77. The van der Waals surface area contributed by atoms with Crippen LogP contribution in [0.4, 0.5) is 4.39 Å². The lowest BCUT2D eigenvalue weighted by molar-refractivity contribution is -0.131. The highest BCUT2D eigenvalue weighted by Gasteiger charge is 2.14. The summed E-state index contributed by atoms with van der Waals surface area (Å²) in [4.78, 5) is 23.7. The predicted molar refractivity (Wildman–Crippen MR) is 93.0 cm³/mol. The number of rotatable bonds is 5. The highest BCUT2D eigenvalue weighted by Crippen LogP contribution is 2.13. The molecule has 0 fully saturated rings. The molecule has 0 spiro atoms. The topological polar surface area (TPSA) is 91.2 Å². The first-order valence-electron chi connectivity index (χ1n) is 7.69. The van der Waals surface area contributed by atoms with Crippen LogP contribution in [0.3, 0.4) is 0 Å². The summed E-state index contributed by atoms with van der Waals surface area (Å²) in [5.41, 5.74) is 5.46. The van der Waals surface area contributed by atoms with Crippen LogP contribution in [0, 0.1) is 17.1 Å². The number of hydrazine groups is 1. The van der Waals surface area contributed by atoms with Crippen molar-refractivity contribution in [2.45, 2.75) is 13.0 Å². The highest BCUT2D eigenvalue weighted by atomic mass is 19.1. The van der Waals surface area contributed by atoms with E-state index in [2.05, 4.69) is 10.9 Å². The van der Waals surface area contributed by atoms with Gasteiger partial charge in [0.15, 0.2) is 6.10 Å². The Morgan fingerprint density at radius 1 is 1.15 bits per heavy atom. The van der Waals surface area contributed by atoms with Crippen LogP contribution in [0.1, 0.15) is 18.1 Å². The number of hydrogen-bond acceptors (Lipinski definition) is 4. The molecule has 0 saturated heterocycles. The number of halogens is 1. The third-order valence-electron chi connectivity index (χ3n) is 3.30. The maximum absolute atomic E-state index is 12.8. The highest BCUT2D eigenvalue weighted by molar-refractivity contribution is 5.93. The van der Waals surface area contributed by atoms with Gasteiger partial charge in [-0.05, 0) is 48.9 Å². The number of benzene rings is 2. The first kappa shape index (κ1) is 18.7. The monoisotopic (exact) mass is 353 g/mol. The Morgan fingerprint density at radius 3 is 2.54 bits per heavy atom. The van der Waals surface area contributed by atoms with Gasteiger partial charge in [-0.25, -0.2) is 4.39 Å². The third-order valence-corrected chi connectivity index (χ3v) is 3.30. The zero-order chi connectivity index (χ0) is 18.9. The second kappa shape index (κ2) is 8.99. The van der Waals surface area contributed by atoms with Gasteiger partial charge in [0.05, 0.1) is 11.6 Å². The second-order valence-electron chi connectivity index (χ2n) is 5.22. The van der Waals surface area contributed by atoms with Crippen LogP contribution >= 0.6 is 0 Å². The predicted octanol–water partition coefficient (Wildman–Crippen LogP) is 2.33. The van der Waals surface area contributed by atoms with Gasteiger partial charge in [-0.1, -0.05) is 18.2 Å². The van der Waals surface area contributed by atoms with Crippen LogP contribution in [0.2, 0.25) is 0 Å². The fourth-order valence-electron chi connectivity index (χ4n) is 1.95. The molecule has 2 aromatic rings. The van der Waals surface area contributed by atoms with Gasteiger partial charge >= 0.3 is 0 Å². The van der Waals surface area contributed by atoms with Crippen LogP contribution in [0.25, 0.3) is 6.08 Å². The summed E-state index contributed by atoms with van der Waals surface area (Å²) in [5, 5.41) is 8.98. The first-order chi connectivity index (χ1) is 12.5. The smallest absolute Gasteiger partial charge is 0.279 e. The van der Waals surface area contributed by atoms with Crippen molar-refractivity contribution in [3.8, 4) is 11.8 Å². The lowest BCUT2D eigenvalue weighted by Crippen LogP contribution is -2.46. The average molecular weight is 353 g/mol. The molecule has 6 nitrogen and oxygen atoms in total. The maximum atomic E-state index is 12.8. The van der Waals surface area contributed by atoms with Crippen LogP contribution in [0.15, 0.2) is 54.6 Å². The summed E-state index contributed by atoms with van der Waals surface area (Å²) < 4.78 is 18.2. The molecule has 26 heavy (non-hydrogen) atoms. The van der Waals surface area contributed by atoms with Gasteiger partial charge in [0.1, 0.15) is 11.6 Å². The molecule has 132 valence electrons. The zero-order valence-corrected chi connectivity index (χ0v) is 13.9. The van der Waals surface area contributed by atoms with E-state index in [4.69, 9.17) is 10.00 Å². The number of nitrogens with one attached hydrogen (secondary N) is 2. The van der Waals surface area contributed by atoms with Crippen molar-refractivity contribution in [2.75, 3.05) is 0 Å². The Hall–Kier alpha value is -3.66. The Balaban J connectivity index is 1.84. The summed E-state index contributed by atoms with van der Waals surface area (Å²) in [7, 11) is 0. The molecule has 2 rings (SSSR count). The average Bonchev–Trinajstić information content (AvgIpc) is 2.66. The molecular weight excluding hydrogens is 337 g/mol. The van der Waals surface area contributed by atoms with Gasteiger partial charge in [-0.3, -0.25) is 20.4 Å². The number of ether oxygens (including phenoxy) is 1. The molecule has 0 aliphatic rings. The van der Waals surface area contributed by atoms with E-state index in [1.807, 2.05) is 6.07 Å². The molecule has 2 amide bonds. The Labute approximate surface area is 149 Å². The fraction of sp³-hybridized carbons (Fsp3) is 0.105. The largest absolute Gasteiger partial charge is 0.481 e. The molecule has 2 aromatic carbocycles. The number of carbonyl (C=O) groups excluding carboxylic acids is 2. The van der Waals surface area contributed by atoms with Gasteiger partial charge in [-0.15, -0.1) is 0 Å². The molecule has 0 aliphatic heterocycles.